The first kappa shape index (κ1) is 21.2. The third-order valence-electron chi connectivity index (χ3n) is 3.25. The zero-order valence-electron chi connectivity index (χ0n) is 14.3. The lowest BCUT2D eigenvalue weighted by molar-refractivity contribution is -0.253. The molecule has 28 heavy (non-hydrogen) atoms. The molecule has 6 nitrogen and oxygen atoms in total. The fraction of sp³-hybridized carbons (Fsp3) is 0.176. The zero-order chi connectivity index (χ0) is 20.7. The zero-order valence-corrected chi connectivity index (χ0v) is 15.2. The number of nitrogens with one attached hydrogen (secondary N) is 3. The summed E-state index contributed by atoms with van der Waals surface area (Å²) in [6.07, 6.45) is -8.68. The first-order chi connectivity index (χ1) is 13.2. The van der Waals surface area contributed by atoms with Crippen LogP contribution in [0.3, 0.4) is 0 Å². The molecule has 0 heterocycles. The first-order valence-corrected chi connectivity index (χ1v) is 8.09. The van der Waals surface area contributed by atoms with Crippen LogP contribution in [0.1, 0.15) is 10.4 Å². The van der Waals surface area contributed by atoms with Gasteiger partial charge in [-0.05, 0) is 42.5 Å². The van der Waals surface area contributed by atoms with Gasteiger partial charge in [0.2, 0.25) is 0 Å². The quantitative estimate of drug-likeness (QED) is 0.379. The Bertz CT molecular complexity index is 852. The molecule has 0 radical (unpaired) electrons. The highest BCUT2D eigenvalue weighted by molar-refractivity contribution is 7.80. The lowest BCUT2D eigenvalue weighted by atomic mass is 10.2. The molecule has 0 aliphatic heterocycles. The maximum absolute atomic E-state index is 13.0. The molecule has 2 aromatic rings. The van der Waals surface area contributed by atoms with Gasteiger partial charge in [0, 0.05) is 5.56 Å². The molecule has 2 aromatic carbocycles. The minimum absolute atomic E-state index is 0.0227. The third kappa shape index (κ3) is 5.71. The van der Waals surface area contributed by atoms with Crippen LogP contribution in [0.25, 0.3) is 0 Å². The summed E-state index contributed by atoms with van der Waals surface area (Å²) in [4.78, 5) is 12.1. The van der Waals surface area contributed by atoms with Crippen LogP contribution < -0.4 is 25.6 Å². The predicted molar refractivity (Wildman–Crippen MR) is 97.8 cm³/mol. The van der Waals surface area contributed by atoms with Crippen molar-refractivity contribution in [2.45, 2.75) is 12.5 Å². The number of amides is 1. The van der Waals surface area contributed by atoms with Crippen LogP contribution in [-0.4, -0.2) is 30.7 Å². The Balaban J connectivity index is 1.96. The van der Waals surface area contributed by atoms with E-state index in [0.717, 1.165) is 12.1 Å². The van der Waals surface area contributed by atoms with Gasteiger partial charge in [0.15, 0.2) is 5.11 Å². The van der Waals surface area contributed by atoms with Gasteiger partial charge in [-0.25, -0.2) is 0 Å². The molecule has 0 saturated carbocycles. The van der Waals surface area contributed by atoms with E-state index in [0.29, 0.717) is 11.4 Å². The number of hydrogen-bond acceptors (Lipinski definition) is 4. The maximum atomic E-state index is 13.0. The van der Waals surface area contributed by atoms with Gasteiger partial charge in [0.1, 0.15) is 11.5 Å². The van der Waals surface area contributed by atoms with Gasteiger partial charge < -0.3 is 14.8 Å². The highest BCUT2D eigenvalue weighted by atomic mass is 32.1. The SMILES string of the molecule is COc1ccccc1NC(=S)NNC(=O)c1cccc(OC(F)(F)C(F)F)c1. The van der Waals surface area contributed by atoms with E-state index >= 15 is 0 Å². The number of hydrazine groups is 1. The number of rotatable bonds is 6. The summed E-state index contributed by atoms with van der Waals surface area (Å²) in [5.74, 6) is -0.828. The number of methoxy groups -OCH3 is 1. The van der Waals surface area contributed by atoms with E-state index in [1.54, 1.807) is 24.3 Å². The summed E-state index contributed by atoms with van der Waals surface area (Å²) >= 11 is 5.04. The van der Waals surface area contributed by atoms with Crippen molar-refractivity contribution in [2.24, 2.45) is 0 Å². The minimum Gasteiger partial charge on any atom is -0.495 e. The molecule has 11 heteroatoms. The Morgan fingerprint density at radius 1 is 1.11 bits per heavy atom. The van der Waals surface area contributed by atoms with Gasteiger partial charge in [-0.3, -0.25) is 15.6 Å². The van der Waals surface area contributed by atoms with Gasteiger partial charge in [0.25, 0.3) is 5.91 Å². The third-order valence-corrected chi connectivity index (χ3v) is 3.45. The van der Waals surface area contributed by atoms with Crippen LogP contribution >= 0.6 is 12.2 Å². The molecule has 0 saturated heterocycles. The van der Waals surface area contributed by atoms with Crippen LogP contribution in [0.15, 0.2) is 48.5 Å². The van der Waals surface area contributed by atoms with Gasteiger partial charge in [-0.1, -0.05) is 18.2 Å². The largest absolute Gasteiger partial charge is 0.495 e. The van der Waals surface area contributed by atoms with Crippen molar-refractivity contribution in [3.8, 4) is 11.5 Å². The van der Waals surface area contributed by atoms with Crippen LogP contribution in [0.4, 0.5) is 23.2 Å². The Hall–Kier alpha value is -3.08. The van der Waals surface area contributed by atoms with E-state index in [-0.39, 0.29) is 10.7 Å². The van der Waals surface area contributed by atoms with Crippen molar-refractivity contribution in [1.29, 1.82) is 0 Å². The predicted octanol–water partition coefficient (Wildman–Crippen LogP) is 3.56. The van der Waals surface area contributed by atoms with Gasteiger partial charge in [-0.2, -0.15) is 17.6 Å². The molecule has 0 aliphatic carbocycles. The lowest BCUT2D eigenvalue weighted by Crippen LogP contribution is -2.43. The monoisotopic (exact) mass is 417 g/mol. The molecule has 0 unspecified atom stereocenters. The number of halogens is 4. The Labute approximate surface area is 162 Å². The molecule has 0 atom stereocenters. The second kappa shape index (κ2) is 9.22. The molecular formula is C17H15F4N3O3S. The normalized spacial score (nSPS) is 10.9. The molecule has 0 fully saturated rings. The standard InChI is InChI=1S/C17H15F4N3O3S/c1-26-13-8-3-2-7-12(13)22-16(28)24-23-14(25)10-5-4-6-11(9-10)27-17(20,21)15(18)19/h2-9,15H,1H3,(H,23,25)(H2,22,24,28). The van der Waals surface area contributed by atoms with Crippen LogP contribution in [-0.2, 0) is 0 Å². The summed E-state index contributed by atoms with van der Waals surface area (Å²) in [6.45, 7) is 0. The smallest absolute Gasteiger partial charge is 0.461 e. The number of benzene rings is 2. The Morgan fingerprint density at radius 2 is 1.82 bits per heavy atom. The van der Waals surface area contributed by atoms with Crippen molar-refractivity contribution in [3.63, 3.8) is 0 Å². The molecule has 0 aromatic heterocycles. The number of hydrogen-bond donors (Lipinski definition) is 3. The summed E-state index contributed by atoms with van der Waals surface area (Å²) in [5.41, 5.74) is 5.09. The number of alkyl halides is 4. The fourth-order valence-corrected chi connectivity index (χ4v) is 2.15. The van der Waals surface area contributed by atoms with E-state index in [4.69, 9.17) is 17.0 Å². The van der Waals surface area contributed by atoms with E-state index in [1.807, 2.05) is 0 Å². The number of ether oxygens (including phenoxy) is 2. The van der Waals surface area contributed by atoms with Crippen LogP contribution in [0.5, 0.6) is 11.5 Å². The van der Waals surface area contributed by atoms with Crippen molar-refractivity contribution in [2.75, 3.05) is 12.4 Å². The molecule has 1 amide bonds. The summed E-state index contributed by atoms with van der Waals surface area (Å²) in [5, 5.41) is 2.82. The topological polar surface area (TPSA) is 71.6 Å². The average Bonchev–Trinajstić information content (AvgIpc) is 2.66. The fourth-order valence-electron chi connectivity index (χ4n) is 1.99. The van der Waals surface area contributed by atoms with Gasteiger partial charge >= 0.3 is 12.5 Å². The van der Waals surface area contributed by atoms with E-state index in [9.17, 15) is 22.4 Å². The Kier molecular flexibility index (Phi) is 6.99. The van der Waals surface area contributed by atoms with E-state index < -0.39 is 24.2 Å². The number of carbonyl (C=O) groups excluding carboxylic acids is 1. The summed E-state index contributed by atoms with van der Waals surface area (Å²) < 4.78 is 59.4. The van der Waals surface area contributed by atoms with Crippen molar-refractivity contribution in [1.82, 2.24) is 10.9 Å². The molecule has 3 N–H and O–H groups in total. The van der Waals surface area contributed by atoms with Crippen LogP contribution in [0, 0.1) is 0 Å². The Morgan fingerprint density at radius 3 is 2.50 bits per heavy atom. The number of thiocarbonyl (C=S) groups is 1. The second-order valence-electron chi connectivity index (χ2n) is 5.23. The molecular weight excluding hydrogens is 402 g/mol. The second-order valence-corrected chi connectivity index (χ2v) is 5.63. The van der Waals surface area contributed by atoms with Crippen LogP contribution in [0.2, 0.25) is 0 Å². The number of para-hydroxylation sites is 2. The number of carbonyl (C=O) groups is 1. The highest BCUT2D eigenvalue weighted by Crippen LogP contribution is 2.27. The highest BCUT2D eigenvalue weighted by Gasteiger charge is 2.44. The first-order valence-electron chi connectivity index (χ1n) is 7.68. The van der Waals surface area contributed by atoms with Crippen molar-refractivity contribution >= 4 is 28.9 Å². The van der Waals surface area contributed by atoms with Crippen molar-refractivity contribution in [3.05, 3.63) is 54.1 Å². The molecule has 0 aliphatic rings. The average molecular weight is 417 g/mol. The molecule has 0 spiro atoms. The van der Waals surface area contributed by atoms with E-state index in [2.05, 4.69) is 20.9 Å². The van der Waals surface area contributed by atoms with Gasteiger partial charge in [-0.15, -0.1) is 0 Å². The maximum Gasteiger partial charge on any atom is 0.461 e. The van der Waals surface area contributed by atoms with E-state index in [1.165, 1.54) is 19.2 Å². The number of anilines is 1. The summed E-state index contributed by atoms with van der Waals surface area (Å²) in [7, 11) is 1.48. The molecule has 0 bridgehead atoms. The summed E-state index contributed by atoms with van der Waals surface area (Å²) in [6, 6.07) is 11.3. The minimum atomic E-state index is -4.67. The molecule has 150 valence electrons. The lowest BCUT2D eigenvalue weighted by Gasteiger charge is -2.17. The van der Waals surface area contributed by atoms with Crippen molar-refractivity contribution < 1.29 is 31.8 Å². The molecule has 2 rings (SSSR count). The van der Waals surface area contributed by atoms with Gasteiger partial charge in [0.05, 0.1) is 12.8 Å².